The number of carbonyl (C=O) groups excluding carboxylic acids is 1. The van der Waals surface area contributed by atoms with Crippen LogP contribution in [0.15, 0.2) is 0 Å². The molecule has 0 bridgehead atoms. The zero-order valence-electron chi connectivity index (χ0n) is 11.6. The fourth-order valence-corrected chi connectivity index (χ4v) is 4.23. The Kier molecular flexibility index (Phi) is 3.08. The minimum atomic E-state index is -0.895. The summed E-state index contributed by atoms with van der Waals surface area (Å²) < 4.78 is 0. The number of carboxylic acid groups (broad SMARTS) is 1. The molecular formula is C14H18N2O3S. The number of nitrogens with one attached hydrogen (secondary N) is 1. The van der Waals surface area contributed by atoms with Crippen molar-refractivity contribution in [2.75, 3.05) is 5.32 Å². The predicted molar refractivity (Wildman–Crippen MR) is 75.8 cm³/mol. The van der Waals surface area contributed by atoms with Gasteiger partial charge in [-0.25, -0.2) is 4.98 Å². The molecule has 2 unspecified atom stereocenters. The summed E-state index contributed by atoms with van der Waals surface area (Å²) in [7, 11) is 0. The number of thiazole rings is 1. The molecule has 0 aromatic carbocycles. The van der Waals surface area contributed by atoms with E-state index in [1.54, 1.807) is 0 Å². The molecule has 3 rings (SSSR count). The summed E-state index contributed by atoms with van der Waals surface area (Å²) in [6, 6.07) is 0. The number of carbonyl (C=O) groups is 2. The zero-order valence-corrected chi connectivity index (χ0v) is 12.4. The highest BCUT2D eigenvalue weighted by Crippen LogP contribution is 2.58. The second kappa shape index (κ2) is 4.55. The van der Waals surface area contributed by atoms with E-state index >= 15 is 0 Å². The van der Waals surface area contributed by atoms with Gasteiger partial charge in [-0.3, -0.25) is 9.59 Å². The van der Waals surface area contributed by atoms with Gasteiger partial charge in [-0.2, -0.15) is 0 Å². The van der Waals surface area contributed by atoms with Crippen LogP contribution in [0.5, 0.6) is 0 Å². The van der Waals surface area contributed by atoms with Crippen LogP contribution in [0.2, 0.25) is 0 Å². The summed E-state index contributed by atoms with van der Waals surface area (Å²) in [5.41, 5.74) is 0.633. The first-order valence-corrected chi connectivity index (χ1v) is 7.75. The third-order valence-corrected chi connectivity index (χ3v) is 5.52. The second-order valence-electron chi connectivity index (χ2n) is 6.20. The molecule has 1 aromatic rings. The van der Waals surface area contributed by atoms with E-state index in [9.17, 15) is 9.59 Å². The number of aryl methyl sites for hydroxylation is 2. The van der Waals surface area contributed by atoms with Crippen LogP contribution in [0.1, 0.15) is 37.3 Å². The summed E-state index contributed by atoms with van der Waals surface area (Å²) in [6.45, 7) is 3.64. The van der Waals surface area contributed by atoms with E-state index in [1.165, 1.54) is 22.6 Å². The van der Waals surface area contributed by atoms with Crippen LogP contribution in [0.4, 0.5) is 5.13 Å². The third-order valence-electron chi connectivity index (χ3n) is 4.45. The van der Waals surface area contributed by atoms with Gasteiger partial charge in [0.25, 0.3) is 0 Å². The van der Waals surface area contributed by atoms with Crippen LogP contribution in [-0.2, 0) is 22.4 Å². The maximum absolute atomic E-state index is 12.2. The van der Waals surface area contributed by atoms with Gasteiger partial charge in [-0.05, 0) is 31.1 Å². The Morgan fingerprint density at radius 1 is 1.30 bits per heavy atom. The second-order valence-corrected chi connectivity index (χ2v) is 7.28. The van der Waals surface area contributed by atoms with E-state index < -0.39 is 23.2 Å². The van der Waals surface area contributed by atoms with Gasteiger partial charge in [0.05, 0.1) is 17.5 Å². The molecule has 2 aliphatic rings. The van der Waals surface area contributed by atoms with Gasteiger partial charge in [-0.1, -0.05) is 13.8 Å². The zero-order chi connectivity index (χ0) is 14.5. The van der Waals surface area contributed by atoms with Crippen molar-refractivity contribution in [2.45, 2.75) is 39.5 Å². The lowest BCUT2D eigenvalue weighted by Crippen LogP contribution is -2.17. The van der Waals surface area contributed by atoms with E-state index in [1.807, 2.05) is 13.8 Å². The van der Waals surface area contributed by atoms with Gasteiger partial charge in [-0.15, -0.1) is 11.3 Å². The monoisotopic (exact) mass is 294 g/mol. The average Bonchev–Trinajstić information content (AvgIpc) is 2.76. The van der Waals surface area contributed by atoms with Crippen LogP contribution in [0.3, 0.4) is 0 Å². The molecular weight excluding hydrogens is 276 g/mol. The molecule has 0 spiro atoms. The number of rotatable bonds is 3. The smallest absolute Gasteiger partial charge is 0.307 e. The third kappa shape index (κ3) is 2.12. The van der Waals surface area contributed by atoms with Crippen molar-refractivity contribution >= 4 is 28.3 Å². The molecule has 20 heavy (non-hydrogen) atoms. The van der Waals surface area contributed by atoms with Crippen LogP contribution in [0.25, 0.3) is 0 Å². The minimum Gasteiger partial charge on any atom is -0.481 e. The SMILES string of the molecule is CC1(C)C(C(=O)O)C1C(=O)Nc1nc2c(s1)CCCC2. The molecule has 1 saturated carbocycles. The van der Waals surface area contributed by atoms with Crippen molar-refractivity contribution in [2.24, 2.45) is 17.3 Å². The van der Waals surface area contributed by atoms with Crippen molar-refractivity contribution < 1.29 is 14.7 Å². The quantitative estimate of drug-likeness (QED) is 0.896. The Labute approximate surface area is 121 Å². The number of amides is 1. The summed E-state index contributed by atoms with van der Waals surface area (Å²) in [5, 5.41) is 12.5. The molecule has 2 aliphatic carbocycles. The Bertz CT molecular complexity index is 555. The maximum atomic E-state index is 12.2. The summed E-state index contributed by atoms with van der Waals surface area (Å²) in [6.07, 6.45) is 4.35. The fourth-order valence-electron chi connectivity index (χ4n) is 3.18. The molecule has 5 nitrogen and oxygen atoms in total. The number of carboxylic acids is 1. The van der Waals surface area contributed by atoms with Crippen molar-refractivity contribution in [1.29, 1.82) is 0 Å². The Morgan fingerprint density at radius 3 is 2.60 bits per heavy atom. The number of nitrogens with zero attached hydrogens (tertiary/aromatic N) is 1. The molecule has 108 valence electrons. The van der Waals surface area contributed by atoms with E-state index in [0.29, 0.717) is 5.13 Å². The van der Waals surface area contributed by atoms with Crippen molar-refractivity contribution in [3.63, 3.8) is 0 Å². The van der Waals surface area contributed by atoms with Crippen LogP contribution >= 0.6 is 11.3 Å². The highest BCUT2D eigenvalue weighted by Gasteiger charge is 2.66. The molecule has 1 aromatic heterocycles. The number of aliphatic carboxylic acids is 1. The van der Waals surface area contributed by atoms with Crippen LogP contribution < -0.4 is 5.32 Å². The average molecular weight is 294 g/mol. The van der Waals surface area contributed by atoms with Crippen molar-refractivity contribution in [3.05, 3.63) is 10.6 Å². The molecule has 0 aliphatic heterocycles. The largest absolute Gasteiger partial charge is 0.481 e. The molecule has 1 amide bonds. The number of fused-ring (bicyclic) bond motifs is 1. The Balaban J connectivity index is 1.71. The maximum Gasteiger partial charge on any atom is 0.307 e. The normalized spacial score (nSPS) is 26.7. The van der Waals surface area contributed by atoms with Crippen molar-refractivity contribution in [1.82, 2.24) is 4.98 Å². The molecule has 2 atom stereocenters. The first-order chi connectivity index (χ1) is 9.41. The standard InChI is InChI=1S/C14H18N2O3S/c1-14(2)9(10(14)12(18)19)11(17)16-13-15-7-5-3-4-6-8(7)20-13/h9-10H,3-6H2,1-2H3,(H,18,19)(H,15,16,17). The van der Waals surface area contributed by atoms with Crippen LogP contribution in [0, 0.1) is 17.3 Å². The number of aromatic nitrogens is 1. The van der Waals surface area contributed by atoms with Gasteiger partial charge in [0.1, 0.15) is 0 Å². The van der Waals surface area contributed by atoms with Gasteiger partial charge in [0.15, 0.2) is 5.13 Å². The highest BCUT2D eigenvalue weighted by atomic mass is 32.1. The lowest BCUT2D eigenvalue weighted by atomic mass is 10.0. The van der Waals surface area contributed by atoms with Crippen molar-refractivity contribution in [3.8, 4) is 0 Å². The molecule has 0 saturated heterocycles. The Hall–Kier alpha value is -1.43. The molecule has 1 heterocycles. The van der Waals surface area contributed by atoms with Crippen LogP contribution in [-0.4, -0.2) is 22.0 Å². The van der Waals surface area contributed by atoms with E-state index in [2.05, 4.69) is 10.3 Å². The minimum absolute atomic E-state index is 0.214. The highest BCUT2D eigenvalue weighted by molar-refractivity contribution is 7.15. The van der Waals surface area contributed by atoms with E-state index in [4.69, 9.17) is 5.11 Å². The predicted octanol–water partition coefficient (Wildman–Crippen LogP) is 2.32. The lowest BCUT2D eigenvalue weighted by Gasteiger charge is -2.06. The summed E-state index contributed by atoms with van der Waals surface area (Å²) >= 11 is 1.53. The first kappa shape index (κ1) is 13.5. The number of hydrogen-bond donors (Lipinski definition) is 2. The van der Waals surface area contributed by atoms with E-state index in [-0.39, 0.29) is 5.91 Å². The van der Waals surface area contributed by atoms with Gasteiger partial charge < -0.3 is 10.4 Å². The Morgan fingerprint density at radius 2 is 2.00 bits per heavy atom. The first-order valence-electron chi connectivity index (χ1n) is 6.93. The fraction of sp³-hybridized carbons (Fsp3) is 0.643. The molecule has 2 N–H and O–H groups in total. The molecule has 6 heteroatoms. The molecule has 0 radical (unpaired) electrons. The number of anilines is 1. The number of hydrogen-bond acceptors (Lipinski definition) is 4. The lowest BCUT2D eigenvalue weighted by molar-refractivity contribution is -0.140. The summed E-state index contributed by atoms with van der Waals surface area (Å²) in [4.78, 5) is 29.0. The molecule has 1 fully saturated rings. The van der Waals surface area contributed by atoms with Gasteiger partial charge in [0, 0.05) is 4.88 Å². The summed E-state index contributed by atoms with van der Waals surface area (Å²) in [5.74, 6) is -2.15. The van der Waals surface area contributed by atoms with Gasteiger partial charge >= 0.3 is 5.97 Å². The van der Waals surface area contributed by atoms with Gasteiger partial charge in [0.2, 0.25) is 5.91 Å². The topological polar surface area (TPSA) is 79.3 Å². The van der Waals surface area contributed by atoms with E-state index in [0.717, 1.165) is 25.0 Å².